The van der Waals surface area contributed by atoms with Gasteiger partial charge in [0.05, 0.1) is 12.5 Å². The third-order valence-electron chi connectivity index (χ3n) is 5.14. The molecule has 0 radical (unpaired) electrons. The van der Waals surface area contributed by atoms with Crippen LogP contribution in [0.25, 0.3) is 0 Å². The largest absolute Gasteiger partial charge is 0.434 e. The predicted octanol–water partition coefficient (Wildman–Crippen LogP) is -0.253. The van der Waals surface area contributed by atoms with Crippen LogP contribution in [0.5, 0.6) is 0 Å². The summed E-state index contributed by atoms with van der Waals surface area (Å²) in [4.78, 5) is 36.2. The summed E-state index contributed by atoms with van der Waals surface area (Å²) in [6.45, 7) is 1.50. The highest BCUT2D eigenvalue weighted by Crippen LogP contribution is 2.60. The molecule has 0 saturated carbocycles. The van der Waals surface area contributed by atoms with E-state index in [1.54, 1.807) is 19.1 Å². The highest BCUT2D eigenvalue weighted by atomic mass is 16.6. The monoisotopic (exact) mass is 292 g/mol. The number of esters is 1. The Labute approximate surface area is 121 Å². The number of hydrogen-bond donors (Lipinski definition) is 2. The Hall–Kier alpha value is -1.79. The number of hydrogen-bond acceptors (Lipinski definition) is 6. The second kappa shape index (κ2) is 4.35. The molecule has 0 aromatic rings. The number of rotatable bonds is 2. The molecule has 0 bridgehead atoms. The zero-order valence-electron chi connectivity index (χ0n) is 11.5. The van der Waals surface area contributed by atoms with E-state index in [4.69, 9.17) is 4.74 Å². The van der Waals surface area contributed by atoms with Gasteiger partial charge in [0.2, 0.25) is 6.29 Å². The standard InChI is InChI=1S/C15H16O6/c1-14(7-17)5-4-10(18)15-9(14)3-2-8(6-16)11(15)12(19)21-13(15)20/h2,4-6,9,11-12,17,19H,3,7H2,1H3/t9-,11+,12+,14-,15-/m0/s1. The van der Waals surface area contributed by atoms with E-state index in [0.717, 1.165) is 0 Å². The van der Waals surface area contributed by atoms with Crippen LogP contribution in [0.15, 0.2) is 23.8 Å². The van der Waals surface area contributed by atoms with Gasteiger partial charge in [-0.15, -0.1) is 0 Å². The number of carbonyl (C=O) groups excluding carboxylic acids is 3. The lowest BCUT2D eigenvalue weighted by Gasteiger charge is -2.49. The van der Waals surface area contributed by atoms with Crippen LogP contribution in [0.4, 0.5) is 0 Å². The summed E-state index contributed by atoms with van der Waals surface area (Å²) in [6, 6.07) is 0. The Morgan fingerprint density at radius 3 is 2.81 bits per heavy atom. The minimum Gasteiger partial charge on any atom is -0.434 e. The van der Waals surface area contributed by atoms with Crippen molar-refractivity contribution in [3.05, 3.63) is 23.8 Å². The molecule has 0 aromatic heterocycles. The highest BCUT2D eigenvalue weighted by molar-refractivity contribution is 6.13. The lowest BCUT2D eigenvalue weighted by Crippen LogP contribution is -2.57. The average Bonchev–Trinajstić information content (AvgIpc) is 2.75. The van der Waals surface area contributed by atoms with Crippen LogP contribution in [0.3, 0.4) is 0 Å². The molecule has 3 aliphatic rings. The molecule has 6 nitrogen and oxygen atoms in total. The van der Waals surface area contributed by atoms with Gasteiger partial charge in [-0.25, -0.2) is 0 Å². The highest BCUT2D eigenvalue weighted by Gasteiger charge is 2.70. The zero-order chi connectivity index (χ0) is 15.4. The number of ether oxygens (including phenoxy) is 1. The van der Waals surface area contributed by atoms with Gasteiger partial charge in [-0.3, -0.25) is 14.4 Å². The zero-order valence-corrected chi connectivity index (χ0v) is 11.5. The van der Waals surface area contributed by atoms with Crippen molar-refractivity contribution in [1.29, 1.82) is 0 Å². The van der Waals surface area contributed by atoms with Gasteiger partial charge in [0.25, 0.3) is 0 Å². The van der Waals surface area contributed by atoms with Crippen LogP contribution < -0.4 is 0 Å². The number of allylic oxidation sites excluding steroid dienone is 2. The van der Waals surface area contributed by atoms with Gasteiger partial charge in [-0.05, 0) is 24.0 Å². The number of carbonyl (C=O) groups is 3. The second-order valence-corrected chi connectivity index (χ2v) is 6.11. The first-order chi connectivity index (χ1) is 9.91. The molecule has 0 aromatic carbocycles. The van der Waals surface area contributed by atoms with Crippen molar-refractivity contribution < 1.29 is 29.3 Å². The number of aliphatic hydroxyl groups excluding tert-OH is 2. The maximum Gasteiger partial charge on any atom is 0.323 e. The van der Waals surface area contributed by atoms with Crippen molar-refractivity contribution >= 4 is 18.0 Å². The Morgan fingerprint density at radius 2 is 2.19 bits per heavy atom. The van der Waals surface area contributed by atoms with E-state index in [1.165, 1.54) is 6.08 Å². The quantitative estimate of drug-likeness (QED) is 0.413. The fourth-order valence-corrected chi connectivity index (χ4v) is 4.00. The number of aldehydes is 1. The van der Waals surface area contributed by atoms with Crippen LogP contribution >= 0.6 is 0 Å². The Bertz CT molecular complexity index is 591. The Morgan fingerprint density at radius 1 is 1.48 bits per heavy atom. The fraction of sp³-hybridized carbons (Fsp3) is 0.533. The van der Waals surface area contributed by atoms with Gasteiger partial charge in [0.1, 0.15) is 11.7 Å². The molecule has 21 heavy (non-hydrogen) atoms. The summed E-state index contributed by atoms with van der Waals surface area (Å²) < 4.78 is 4.89. The van der Waals surface area contributed by atoms with Crippen molar-refractivity contribution in [3.63, 3.8) is 0 Å². The lowest BCUT2D eigenvalue weighted by molar-refractivity contribution is -0.163. The van der Waals surface area contributed by atoms with Crippen molar-refractivity contribution in [3.8, 4) is 0 Å². The van der Waals surface area contributed by atoms with E-state index < -0.39 is 40.7 Å². The van der Waals surface area contributed by atoms with Gasteiger partial charge in [-0.1, -0.05) is 19.1 Å². The molecule has 1 fully saturated rings. The molecular weight excluding hydrogens is 276 g/mol. The number of aliphatic hydroxyl groups is 2. The number of cyclic esters (lactones) is 1. The van der Waals surface area contributed by atoms with Gasteiger partial charge in [0, 0.05) is 5.41 Å². The molecule has 1 spiro atoms. The molecule has 6 heteroatoms. The maximum atomic E-state index is 12.5. The van der Waals surface area contributed by atoms with Gasteiger partial charge in [-0.2, -0.15) is 0 Å². The smallest absolute Gasteiger partial charge is 0.323 e. The minimum atomic E-state index is -1.61. The van der Waals surface area contributed by atoms with Crippen LogP contribution in [-0.4, -0.2) is 41.1 Å². The molecule has 3 rings (SSSR count). The third kappa shape index (κ3) is 1.51. The second-order valence-electron chi connectivity index (χ2n) is 6.11. The number of ketones is 1. The first kappa shape index (κ1) is 14.2. The van der Waals surface area contributed by atoms with Gasteiger partial charge >= 0.3 is 5.97 Å². The molecule has 0 unspecified atom stereocenters. The molecule has 2 N–H and O–H groups in total. The van der Waals surface area contributed by atoms with E-state index in [1.807, 2.05) is 0 Å². The molecule has 1 aliphatic heterocycles. The third-order valence-corrected chi connectivity index (χ3v) is 5.14. The van der Waals surface area contributed by atoms with E-state index in [9.17, 15) is 24.6 Å². The average molecular weight is 292 g/mol. The van der Waals surface area contributed by atoms with Crippen molar-refractivity contribution in [1.82, 2.24) is 0 Å². The maximum absolute atomic E-state index is 12.5. The minimum absolute atomic E-state index is 0.202. The Balaban J connectivity index is 2.27. The topological polar surface area (TPSA) is 101 Å². The predicted molar refractivity (Wildman–Crippen MR) is 69.6 cm³/mol. The normalized spacial score (nSPS) is 44.7. The summed E-state index contributed by atoms with van der Waals surface area (Å²) >= 11 is 0. The first-order valence-electron chi connectivity index (χ1n) is 6.80. The summed E-state index contributed by atoms with van der Waals surface area (Å²) in [5, 5.41) is 19.7. The van der Waals surface area contributed by atoms with Crippen LogP contribution in [0.1, 0.15) is 13.3 Å². The van der Waals surface area contributed by atoms with E-state index in [2.05, 4.69) is 0 Å². The molecular formula is C15H16O6. The van der Waals surface area contributed by atoms with Crippen LogP contribution in [0.2, 0.25) is 0 Å². The van der Waals surface area contributed by atoms with E-state index in [0.29, 0.717) is 12.7 Å². The summed E-state index contributed by atoms with van der Waals surface area (Å²) in [6.07, 6.45) is 3.80. The molecule has 2 aliphatic carbocycles. The van der Waals surface area contributed by atoms with Crippen molar-refractivity contribution in [2.24, 2.45) is 22.7 Å². The SMILES string of the molecule is C[C@@]1(CO)C=CC(=O)[C@]23C(=O)O[C@@H](O)[C@H]2C(C=O)=CC[C@H]31. The molecule has 0 amide bonds. The van der Waals surface area contributed by atoms with Crippen LogP contribution in [-0.2, 0) is 19.1 Å². The fourth-order valence-electron chi connectivity index (χ4n) is 4.00. The van der Waals surface area contributed by atoms with Gasteiger partial charge < -0.3 is 14.9 Å². The lowest BCUT2D eigenvalue weighted by atomic mass is 9.49. The summed E-state index contributed by atoms with van der Waals surface area (Å²) in [5.74, 6) is -2.85. The summed E-state index contributed by atoms with van der Waals surface area (Å²) in [7, 11) is 0. The molecule has 1 heterocycles. The van der Waals surface area contributed by atoms with E-state index in [-0.39, 0.29) is 12.2 Å². The Kier molecular flexibility index (Phi) is 2.93. The van der Waals surface area contributed by atoms with E-state index >= 15 is 0 Å². The summed E-state index contributed by atoms with van der Waals surface area (Å²) in [5.41, 5.74) is -2.20. The van der Waals surface area contributed by atoms with Crippen LogP contribution in [0, 0.1) is 22.7 Å². The first-order valence-corrected chi connectivity index (χ1v) is 6.80. The van der Waals surface area contributed by atoms with Crippen molar-refractivity contribution in [2.75, 3.05) is 6.61 Å². The molecule has 5 atom stereocenters. The molecule has 112 valence electrons. The van der Waals surface area contributed by atoms with Crippen molar-refractivity contribution in [2.45, 2.75) is 19.6 Å². The molecule has 1 saturated heterocycles. The van der Waals surface area contributed by atoms with Gasteiger partial charge in [0.15, 0.2) is 5.78 Å².